The third kappa shape index (κ3) is 2.10. The van der Waals surface area contributed by atoms with Gasteiger partial charge in [0, 0.05) is 17.8 Å². The van der Waals surface area contributed by atoms with Crippen LogP contribution in [0.25, 0.3) is 0 Å². The number of halogens is 1. The van der Waals surface area contributed by atoms with Gasteiger partial charge in [0.25, 0.3) is 0 Å². The Morgan fingerprint density at radius 1 is 1.50 bits per heavy atom. The van der Waals surface area contributed by atoms with E-state index >= 15 is 0 Å². The van der Waals surface area contributed by atoms with Gasteiger partial charge in [0.15, 0.2) is 5.82 Å². The lowest BCUT2D eigenvalue weighted by Crippen LogP contribution is -2.06. The first kappa shape index (κ1) is 9.61. The molecule has 0 aliphatic heterocycles. The van der Waals surface area contributed by atoms with E-state index in [4.69, 9.17) is 11.6 Å². The molecule has 0 bridgehead atoms. The molecular formula is C8H9ClN4S. The Balaban J connectivity index is 1.98. The Morgan fingerprint density at radius 2 is 2.43 bits per heavy atom. The van der Waals surface area contributed by atoms with Gasteiger partial charge >= 0.3 is 0 Å². The highest BCUT2D eigenvalue weighted by atomic mass is 35.5. The first-order chi connectivity index (χ1) is 6.90. The van der Waals surface area contributed by atoms with Crippen molar-refractivity contribution in [3.05, 3.63) is 28.2 Å². The number of aryl methyl sites for hydroxylation is 2. The molecule has 0 N–H and O–H groups in total. The minimum absolute atomic E-state index is 0.359. The Hall–Kier alpha value is -0.940. The number of tetrazole rings is 1. The quantitative estimate of drug-likeness (QED) is 0.749. The number of rotatable bonds is 4. The Bertz CT molecular complexity index is 384. The van der Waals surface area contributed by atoms with E-state index in [-0.39, 0.29) is 0 Å². The van der Waals surface area contributed by atoms with Crippen LogP contribution in [0.5, 0.6) is 0 Å². The van der Waals surface area contributed by atoms with Crippen molar-refractivity contribution in [2.75, 3.05) is 0 Å². The van der Waals surface area contributed by atoms with E-state index in [0.29, 0.717) is 5.88 Å². The zero-order valence-corrected chi connectivity index (χ0v) is 9.00. The highest BCUT2D eigenvalue weighted by Crippen LogP contribution is 2.10. The summed E-state index contributed by atoms with van der Waals surface area (Å²) in [6.45, 7) is 0.787. The molecule has 0 unspecified atom stereocenters. The van der Waals surface area contributed by atoms with E-state index in [1.807, 2.05) is 6.07 Å². The highest BCUT2D eigenvalue weighted by Gasteiger charge is 2.04. The first-order valence-electron chi connectivity index (χ1n) is 4.23. The Morgan fingerprint density at radius 3 is 3.14 bits per heavy atom. The molecule has 6 heteroatoms. The van der Waals surface area contributed by atoms with E-state index in [2.05, 4.69) is 27.0 Å². The zero-order valence-electron chi connectivity index (χ0n) is 7.43. The summed E-state index contributed by atoms with van der Waals surface area (Å²) in [6.07, 6.45) is 0.951. The van der Waals surface area contributed by atoms with E-state index in [9.17, 15) is 0 Å². The van der Waals surface area contributed by atoms with E-state index < -0.39 is 0 Å². The van der Waals surface area contributed by atoms with Crippen molar-refractivity contribution in [2.24, 2.45) is 0 Å². The van der Waals surface area contributed by atoms with Gasteiger partial charge in [0.1, 0.15) is 0 Å². The van der Waals surface area contributed by atoms with Crippen LogP contribution in [0.1, 0.15) is 10.7 Å². The van der Waals surface area contributed by atoms with Crippen LogP contribution in [0.15, 0.2) is 17.5 Å². The van der Waals surface area contributed by atoms with Gasteiger partial charge in [-0.3, -0.25) is 0 Å². The van der Waals surface area contributed by atoms with Gasteiger partial charge in [-0.25, -0.2) is 4.68 Å². The normalized spacial score (nSPS) is 10.6. The van der Waals surface area contributed by atoms with Crippen LogP contribution >= 0.6 is 22.9 Å². The average molecular weight is 229 g/mol. The molecule has 0 aromatic carbocycles. The van der Waals surface area contributed by atoms with E-state index in [0.717, 1.165) is 18.8 Å². The van der Waals surface area contributed by atoms with Crippen LogP contribution < -0.4 is 0 Å². The Labute approximate surface area is 90.5 Å². The lowest BCUT2D eigenvalue weighted by Gasteiger charge is -1.99. The molecule has 14 heavy (non-hydrogen) atoms. The lowest BCUT2D eigenvalue weighted by atomic mass is 10.3. The number of hydrogen-bond acceptors (Lipinski definition) is 4. The van der Waals surface area contributed by atoms with Gasteiger partial charge < -0.3 is 0 Å². The van der Waals surface area contributed by atoms with Crippen molar-refractivity contribution in [1.82, 2.24) is 20.2 Å². The summed E-state index contributed by atoms with van der Waals surface area (Å²) in [5.74, 6) is 1.08. The van der Waals surface area contributed by atoms with Crippen molar-refractivity contribution >= 4 is 22.9 Å². The number of aromatic nitrogens is 4. The van der Waals surface area contributed by atoms with Crippen LogP contribution in [0, 0.1) is 0 Å². The van der Waals surface area contributed by atoms with Gasteiger partial charge in [-0.05, 0) is 21.9 Å². The fourth-order valence-electron chi connectivity index (χ4n) is 1.16. The topological polar surface area (TPSA) is 43.6 Å². The summed E-state index contributed by atoms with van der Waals surface area (Å²) in [4.78, 5) is 1.33. The molecule has 0 atom stereocenters. The monoisotopic (exact) mass is 228 g/mol. The molecule has 2 aromatic heterocycles. The van der Waals surface area contributed by atoms with Gasteiger partial charge in [-0.1, -0.05) is 6.07 Å². The molecule has 0 fully saturated rings. The average Bonchev–Trinajstić information content (AvgIpc) is 2.85. The minimum Gasteiger partial charge on any atom is -0.228 e. The second kappa shape index (κ2) is 4.52. The van der Waals surface area contributed by atoms with Crippen LogP contribution in [-0.2, 0) is 18.8 Å². The molecule has 2 aromatic rings. The number of thiophene rings is 1. The molecule has 0 aliphatic carbocycles. The summed E-state index contributed by atoms with van der Waals surface area (Å²) >= 11 is 7.42. The maximum absolute atomic E-state index is 5.67. The summed E-state index contributed by atoms with van der Waals surface area (Å²) in [6, 6.07) is 4.15. The summed E-state index contributed by atoms with van der Waals surface area (Å²) in [7, 11) is 0. The van der Waals surface area contributed by atoms with Crippen molar-refractivity contribution in [1.29, 1.82) is 0 Å². The SMILES string of the molecule is ClCc1nnnn1CCc1cccs1. The van der Waals surface area contributed by atoms with Crippen molar-refractivity contribution < 1.29 is 0 Å². The highest BCUT2D eigenvalue weighted by molar-refractivity contribution is 7.09. The third-order valence-electron chi connectivity index (χ3n) is 1.88. The minimum atomic E-state index is 0.359. The predicted octanol–water partition coefficient (Wildman–Crippen LogP) is 1.72. The van der Waals surface area contributed by atoms with E-state index in [1.54, 1.807) is 16.0 Å². The van der Waals surface area contributed by atoms with Gasteiger partial charge in [-0.2, -0.15) is 0 Å². The van der Waals surface area contributed by atoms with Gasteiger partial charge in [-0.15, -0.1) is 28.0 Å². The molecule has 2 rings (SSSR count). The number of hydrogen-bond donors (Lipinski definition) is 0. The maximum atomic E-state index is 5.67. The standard InChI is InChI=1S/C8H9ClN4S/c9-6-8-10-11-12-13(8)4-3-7-2-1-5-14-7/h1-2,5H,3-4,6H2. The fourth-order valence-corrected chi connectivity index (χ4v) is 2.05. The summed E-state index contributed by atoms with van der Waals surface area (Å²) < 4.78 is 1.74. The van der Waals surface area contributed by atoms with E-state index in [1.165, 1.54) is 4.88 Å². The molecule has 0 saturated heterocycles. The zero-order chi connectivity index (χ0) is 9.80. The molecule has 0 saturated carbocycles. The molecule has 2 heterocycles. The van der Waals surface area contributed by atoms with Crippen LogP contribution in [0.3, 0.4) is 0 Å². The van der Waals surface area contributed by atoms with Crippen molar-refractivity contribution in [3.63, 3.8) is 0 Å². The largest absolute Gasteiger partial charge is 0.228 e. The second-order valence-electron chi connectivity index (χ2n) is 2.78. The van der Waals surface area contributed by atoms with Gasteiger partial charge in [0.2, 0.25) is 0 Å². The molecular weight excluding hydrogens is 220 g/mol. The fraction of sp³-hybridized carbons (Fsp3) is 0.375. The molecule has 74 valence electrons. The number of alkyl halides is 1. The summed E-state index contributed by atoms with van der Waals surface area (Å²) in [5, 5.41) is 13.3. The smallest absolute Gasteiger partial charge is 0.166 e. The Kier molecular flexibility index (Phi) is 3.10. The maximum Gasteiger partial charge on any atom is 0.166 e. The predicted molar refractivity (Wildman–Crippen MR) is 55.4 cm³/mol. The molecule has 0 amide bonds. The lowest BCUT2D eigenvalue weighted by molar-refractivity contribution is 0.576. The van der Waals surface area contributed by atoms with Gasteiger partial charge in [0.05, 0.1) is 5.88 Å². The molecule has 4 nitrogen and oxygen atoms in total. The molecule has 0 spiro atoms. The molecule has 0 aliphatic rings. The molecule has 0 radical (unpaired) electrons. The van der Waals surface area contributed by atoms with Crippen LogP contribution in [0.4, 0.5) is 0 Å². The van der Waals surface area contributed by atoms with Crippen LogP contribution in [-0.4, -0.2) is 20.2 Å². The second-order valence-corrected chi connectivity index (χ2v) is 4.08. The number of nitrogens with zero attached hydrogens (tertiary/aromatic N) is 4. The summed E-state index contributed by atoms with van der Waals surface area (Å²) in [5.41, 5.74) is 0. The van der Waals surface area contributed by atoms with Crippen molar-refractivity contribution in [3.8, 4) is 0 Å². The third-order valence-corrected chi connectivity index (χ3v) is 3.05. The first-order valence-corrected chi connectivity index (χ1v) is 5.65. The van der Waals surface area contributed by atoms with Crippen molar-refractivity contribution in [2.45, 2.75) is 18.8 Å². The van der Waals surface area contributed by atoms with Crippen LogP contribution in [0.2, 0.25) is 0 Å².